The van der Waals surface area contributed by atoms with Gasteiger partial charge in [-0.25, -0.2) is 4.98 Å². The minimum Gasteiger partial charge on any atom is -0.507 e. The Morgan fingerprint density at radius 2 is 1.82 bits per heavy atom. The molecule has 0 unspecified atom stereocenters. The van der Waals surface area contributed by atoms with E-state index in [4.69, 9.17) is 4.74 Å². The maximum Gasteiger partial charge on any atom is 0.301 e. The molecule has 0 radical (unpaired) electrons. The van der Waals surface area contributed by atoms with Crippen molar-refractivity contribution in [3.8, 4) is 5.75 Å². The first-order valence-corrected chi connectivity index (χ1v) is 12.2. The van der Waals surface area contributed by atoms with Crippen molar-refractivity contribution in [1.29, 1.82) is 0 Å². The van der Waals surface area contributed by atoms with Gasteiger partial charge in [0, 0.05) is 10.0 Å². The summed E-state index contributed by atoms with van der Waals surface area (Å²) >= 11 is 4.73. The van der Waals surface area contributed by atoms with Crippen LogP contribution in [0.4, 0.5) is 5.13 Å². The average molecular weight is 535 g/mol. The Morgan fingerprint density at radius 1 is 1.09 bits per heavy atom. The maximum atomic E-state index is 13.3. The number of aliphatic hydroxyl groups excluding tert-OH is 1. The van der Waals surface area contributed by atoms with Crippen LogP contribution in [0.3, 0.4) is 0 Å². The van der Waals surface area contributed by atoms with E-state index in [1.165, 1.54) is 16.2 Å². The molecule has 1 aliphatic heterocycles. The Labute approximate surface area is 208 Å². The molecule has 8 heteroatoms. The molecule has 170 valence electrons. The van der Waals surface area contributed by atoms with Crippen LogP contribution in [0.15, 0.2) is 82.8 Å². The highest BCUT2D eigenvalue weighted by Crippen LogP contribution is 2.44. The number of carbonyl (C=O) groups is 2. The molecule has 1 amide bonds. The highest BCUT2D eigenvalue weighted by molar-refractivity contribution is 9.10. The van der Waals surface area contributed by atoms with E-state index in [9.17, 15) is 14.7 Å². The number of ether oxygens (including phenoxy) is 1. The molecule has 0 bridgehead atoms. The molecule has 1 saturated heterocycles. The van der Waals surface area contributed by atoms with Gasteiger partial charge in [0.25, 0.3) is 5.78 Å². The number of rotatable bonds is 5. The number of Topliss-reactive ketones (excluding diaryl/α,β-unsaturated/α-hetero) is 1. The quantitative estimate of drug-likeness (QED) is 0.190. The molecule has 1 aliphatic rings. The van der Waals surface area contributed by atoms with Crippen molar-refractivity contribution < 1.29 is 19.4 Å². The van der Waals surface area contributed by atoms with Gasteiger partial charge in [0.2, 0.25) is 0 Å². The summed E-state index contributed by atoms with van der Waals surface area (Å²) in [4.78, 5) is 32.6. The molecule has 0 saturated carbocycles. The zero-order valence-electron chi connectivity index (χ0n) is 18.1. The lowest BCUT2D eigenvalue weighted by Gasteiger charge is -2.23. The van der Waals surface area contributed by atoms with Gasteiger partial charge < -0.3 is 9.84 Å². The van der Waals surface area contributed by atoms with Gasteiger partial charge in [-0.1, -0.05) is 69.7 Å². The number of halogens is 1. The van der Waals surface area contributed by atoms with Gasteiger partial charge in [-0.3, -0.25) is 14.5 Å². The second-order valence-corrected chi connectivity index (χ2v) is 9.57. The van der Waals surface area contributed by atoms with Crippen LogP contribution in [0.25, 0.3) is 16.0 Å². The van der Waals surface area contributed by atoms with Crippen LogP contribution in [0.2, 0.25) is 0 Å². The first-order valence-electron chi connectivity index (χ1n) is 10.6. The van der Waals surface area contributed by atoms with E-state index in [-0.39, 0.29) is 11.3 Å². The van der Waals surface area contributed by atoms with Gasteiger partial charge in [-0.15, -0.1) is 0 Å². The van der Waals surface area contributed by atoms with E-state index < -0.39 is 17.7 Å². The molecule has 1 fully saturated rings. The first kappa shape index (κ1) is 22.3. The number of anilines is 1. The molecule has 5 rings (SSSR count). The van der Waals surface area contributed by atoms with E-state index >= 15 is 0 Å². The molecule has 34 heavy (non-hydrogen) atoms. The Kier molecular flexibility index (Phi) is 5.93. The van der Waals surface area contributed by atoms with Crippen LogP contribution in [-0.4, -0.2) is 28.4 Å². The molecular weight excluding hydrogens is 516 g/mol. The number of hydrogen-bond donors (Lipinski definition) is 1. The van der Waals surface area contributed by atoms with Crippen molar-refractivity contribution in [2.45, 2.75) is 13.0 Å². The molecule has 1 atom stereocenters. The molecule has 6 nitrogen and oxygen atoms in total. The Morgan fingerprint density at radius 3 is 2.53 bits per heavy atom. The Bertz CT molecular complexity index is 1430. The maximum absolute atomic E-state index is 13.3. The number of carbonyl (C=O) groups excluding carboxylic acids is 2. The summed E-state index contributed by atoms with van der Waals surface area (Å²) in [6.45, 7) is 2.45. The highest BCUT2D eigenvalue weighted by atomic mass is 79.9. The fraction of sp³-hybridized carbons (Fsp3) is 0.115. The summed E-state index contributed by atoms with van der Waals surface area (Å²) in [6, 6.07) is 20.8. The van der Waals surface area contributed by atoms with E-state index in [0.717, 1.165) is 9.17 Å². The van der Waals surface area contributed by atoms with E-state index in [2.05, 4.69) is 20.9 Å². The van der Waals surface area contributed by atoms with Crippen molar-refractivity contribution in [3.63, 3.8) is 0 Å². The van der Waals surface area contributed by atoms with Crippen LogP contribution in [0, 0.1) is 0 Å². The summed E-state index contributed by atoms with van der Waals surface area (Å²) in [6.07, 6.45) is 0. The van der Waals surface area contributed by atoms with Gasteiger partial charge in [0.15, 0.2) is 5.13 Å². The van der Waals surface area contributed by atoms with Crippen LogP contribution in [0.5, 0.6) is 5.75 Å². The SMILES string of the molecule is CCOc1ccc2nc(N3C(=O)C(=O)C(=C(O)c4ccccc4)[C@H]3c3ccc(Br)cc3)sc2c1. The predicted molar refractivity (Wildman–Crippen MR) is 136 cm³/mol. The molecule has 0 spiro atoms. The van der Waals surface area contributed by atoms with E-state index in [0.29, 0.717) is 34.1 Å². The number of ketones is 1. The molecule has 2 heterocycles. The summed E-state index contributed by atoms with van der Waals surface area (Å²) in [5.74, 6) is -0.979. The lowest BCUT2D eigenvalue weighted by atomic mass is 9.95. The average Bonchev–Trinajstić information content (AvgIpc) is 3.38. The fourth-order valence-corrected chi connectivity index (χ4v) is 5.28. The number of aliphatic hydroxyl groups is 1. The van der Waals surface area contributed by atoms with Gasteiger partial charge in [-0.2, -0.15) is 0 Å². The minimum absolute atomic E-state index is 0.0350. The molecule has 1 aromatic heterocycles. The largest absolute Gasteiger partial charge is 0.507 e. The lowest BCUT2D eigenvalue weighted by molar-refractivity contribution is -0.132. The summed E-state index contributed by atoms with van der Waals surface area (Å²) in [7, 11) is 0. The van der Waals surface area contributed by atoms with Gasteiger partial charge >= 0.3 is 5.91 Å². The summed E-state index contributed by atoms with van der Waals surface area (Å²) in [5, 5.41) is 11.5. The number of nitrogens with zero attached hydrogens (tertiary/aromatic N) is 2. The second-order valence-electron chi connectivity index (χ2n) is 7.65. The van der Waals surface area contributed by atoms with Crippen molar-refractivity contribution in [3.05, 3.63) is 94.0 Å². The first-order chi connectivity index (χ1) is 16.5. The number of benzene rings is 3. The second kappa shape index (κ2) is 9.04. The lowest BCUT2D eigenvalue weighted by Crippen LogP contribution is -2.29. The Hall–Kier alpha value is -3.49. The van der Waals surface area contributed by atoms with Gasteiger partial charge in [0.1, 0.15) is 11.5 Å². The summed E-state index contributed by atoms with van der Waals surface area (Å²) in [5.41, 5.74) is 1.89. The van der Waals surface area contributed by atoms with Gasteiger partial charge in [0.05, 0.1) is 28.4 Å². The Balaban J connectivity index is 1.69. The predicted octanol–water partition coefficient (Wildman–Crippen LogP) is 6.08. The monoisotopic (exact) mass is 534 g/mol. The third kappa shape index (κ3) is 3.89. The number of hydrogen-bond acceptors (Lipinski definition) is 6. The molecule has 4 aromatic rings. The third-order valence-corrected chi connectivity index (χ3v) is 7.09. The minimum atomic E-state index is -0.819. The molecule has 3 aromatic carbocycles. The molecule has 1 N–H and O–H groups in total. The number of fused-ring (bicyclic) bond motifs is 1. The highest BCUT2D eigenvalue weighted by Gasteiger charge is 2.48. The van der Waals surface area contributed by atoms with Crippen LogP contribution in [-0.2, 0) is 9.59 Å². The number of amides is 1. The zero-order chi connectivity index (χ0) is 23.8. The van der Waals surface area contributed by atoms with Crippen molar-refractivity contribution in [2.24, 2.45) is 0 Å². The fourth-order valence-electron chi connectivity index (χ4n) is 3.99. The normalized spacial score (nSPS) is 17.5. The van der Waals surface area contributed by atoms with Crippen LogP contribution in [0.1, 0.15) is 24.1 Å². The molecular formula is C26H19BrN2O4S. The van der Waals surface area contributed by atoms with Crippen molar-refractivity contribution in [1.82, 2.24) is 4.98 Å². The van der Waals surface area contributed by atoms with E-state index in [1.807, 2.05) is 55.5 Å². The van der Waals surface area contributed by atoms with Gasteiger partial charge in [-0.05, 0) is 42.8 Å². The third-order valence-electron chi connectivity index (χ3n) is 5.54. The van der Waals surface area contributed by atoms with Crippen molar-refractivity contribution >= 4 is 60.1 Å². The standard InChI is InChI=1S/C26H19BrN2O4S/c1-2-33-18-12-13-19-20(14-18)34-26(28-19)29-22(15-8-10-17(27)11-9-15)21(24(31)25(29)32)23(30)16-6-4-3-5-7-16/h3-14,22,30H,2H2,1H3/t22-/m1/s1. The number of thiazole rings is 1. The van der Waals surface area contributed by atoms with Crippen LogP contribution < -0.4 is 9.64 Å². The molecule has 0 aliphatic carbocycles. The topological polar surface area (TPSA) is 79.7 Å². The number of aromatic nitrogens is 1. The smallest absolute Gasteiger partial charge is 0.301 e. The van der Waals surface area contributed by atoms with Crippen molar-refractivity contribution in [2.75, 3.05) is 11.5 Å². The zero-order valence-corrected chi connectivity index (χ0v) is 20.5. The van der Waals surface area contributed by atoms with E-state index in [1.54, 1.807) is 24.3 Å². The summed E-state index contributed by atoms with van der Waals surface area (Å²) < 4.78 is 7.28. The van der Waals surface area contributed by atoms with Crippen LogP contribution >= 0.6 is 27.3 Å².